The molecular formula is C21H15ClF3N4O+. The van der Waals surface area contributed by atoms with Crippen molar-refractivity contribution in [2.75, 3.05) is 11.9 Å². The maximum absolute atomic E-state index is 12.9. The highest BCUT2D eigenvalue weighted by Gasteiger charge is 2.32. The van der Waals surface area contributed by atoms with Crippen molar-refractivity contribution in [3.8, 4) is 0 Å². The van der Waals surface area contributed by atoms with Crippen LogP contribution in [0.4, 0.5) is 18.9 Å². The summed E-state index contributed by atoms with van der Waals surface area (Å²) in [4.78, 5) is 22.9. The van der Waals surface area contributed by atoms with Gasteiger partial charge in [-0.1, -0.05) is 16.6 Å². The van der Waals surface area contributed by atoms with Crippen molar-refractivity contribution in [3.63, 3.8) is 0 Å². The summed E-state index contributed by atoms with van der Waals surface area (Å²) in [6, 6.07) is 11.6. The molecule has 0 N–H and O–H groups in total. The normalized spacial score (nSPS) is 13.0. The summed E-state index contributed by atoms with van der Waals surface area (Å²) in [5.74, 6) is 0.121. The van der Waals surface area contributed by atoms with Crippen LogP contribution in [0.5, 0.6) is 0 Å². The van der Waals surface area contributed by atoms with Gasteiger partial charge in [-0.05, 0) is 48.5 Å². The lowest BCUT2D eigenvalue weighted by molar-refractivity contribution is -0.557. The minimum absolute atomic E-state index is 0.178. The lowest BCUT2D eigenvalue weighted by Gasteiger charge is -2.16. The molecular weight excluding hydrogens is 417 g/mol. The van der Waals surface area contributed by atoms with Gasteiger partial charge < -0.3 is 4.90 Å². The van der Waals surface area contributed by atoms with Crippen LogP contribution in [-0.2, 0) is 12.7 Å². The highest BCUT2D eigenvalue weighted by Crippen LogP contribution is 2.29. The number of halogens is 4. The number of aliphatic imine (C=N–C) groups is 1. The maximum Gasteiger partial charge on any atom is 0.416 e. The predicted molar refractivity (Wildman–Crippen MR) is 106 cm³/mol. The molecule has 2 aromatic carbocycles. The summed E-state index contributed by atoms with van der Waals surface area (Å²) < 4.78 is 40.1. The Morgan fingerprint density at radius 3 is 2.40 bits per heavy atom. The molecule has 0 unspecified atom stereocenters. The van der Waals surface area contributed by atoms with E-state index < -0.39 is 11.7 Å². The van der Waals surface area contributed by atoms with E-state index in [1.165, 1.54) is 17.0 Å². The van der Waals surface area contributed by atoms with Crippen molar-refractivity contribution in [1.82, 2.24) is 4.98 Å². The van der Waals surface area contributed by atoms with E-state index in [-0.39, 0.29) is 11.6 Å². The van der Waals surface area contributed by atoms with Crippen molar-refractivity contribution < 1.29 is 22.5 Å². The highest BCUT2D eigenvalue weighted by molar-refractivity contribution is 6.30. The van der Waals surface area contributed by atoms with Gasteiger partial charge in [-0.15, -0.1) is 0 Å². The van der Waals surface area contributed by atoms with Gasteiger partial charge in [0.15, 0.2) is 17.9 Å². The fourth-order valence-corrected chi connectivity index (χ4v) is 3.22. The Hall–Kier alpha value is -3.26. The van der Waals surface area contributed by atoms with Crippen LogP contribution in [0, 0.1) is 0 Å². The van der Waals surface area contributed by atoms with Gasteiger partial charge in [0.2, 0.25) is 0 Å². The van der Waals surface area contributed by atoms with Gasteiger partial charge in [0.1, 0.15) is 6.20 Å². The number of amides is 1. The first kappa shape index (κ1) is 20.0. The number of nitrogens with zero attached hydrogens (tertiary/aromatic N) is 4. The Bertz CT molecular complexity index is 1140. The molecule has 0 atom stereocenters. The molecule has 1 amide bonds. The molecule has 0 bridgehead atoms. The number of fused-ring (bicyclic) bond motifs is 1. The molecule has 2 heterocycles. The van der Waals surface area contributed by atoms with Crippen LogP contribution in [0.3, 0.4) is 0 Å². The summed E-state index contributed by atoms with van der Waals surface area (Å²) in [6.45, 7) is 0.324. The van der Waals surface area contributed by atoms with Gasteiger partial charge in [-0.25, -0.2) is 4.98 Å². The lowest BCUT2D eigenvalue weighted by Crippen LogP contribution is -2.45. The van der Waals surface area contributed by atoms with Crippen molar-refractivity contribution in [2.24, 2.45) is 4.99 Å². The van der Waals surface area contributed by atoms with Crippen LogP contribution in [0.2, 0.25) is 5.02 Å². The topological polar surface area (TPSA) is 49.4 Å². The fourth-order valence-electron chi connectivity index (χ4n) is 3.09. The number of hydrogen-bond acceptors (Lipinski definition) is 3. The molecule has 0 saturated heterocycles. The van der Waals surface area contributed by atoms with Crippen LogP contribution in [-0.4, -0.2) is 23.8 Å². The first-order valence-corrected chi connectivity index (χ1v) is 9.28. The summed E-state index contributed by atoms with van der Waals surface area (Å²) in [5, 5.41) is 0.559. The third-order valence-corrected chi connectivity index (χ3v) is 4.99. The number of alkyl halides is 3. The van der Waals surface area contributed by atoms with Crippen LogP contribution < -0.4 is 9.47 Å². The second-order valence-corrected chi connectivity index (χ2v) is 7.13. The highest BCUT2D eigenvalue weighted by atomic mass is 35.5. The van der Waals surface area contributed by atoms with E-state index in [9.17, 15) is 18.0 Å². The van der Waals surface area contributed by atoms with Crippen molar-refractivity contribution in [1.29, 1.82) is 0 Å². The number of benzene rings is 2. The number of rotatable bonds is 3. The second kappa shape index (κ2) is 7.53. The summed E-state index contributed by atoms with van der Waals surface area (Å²) >= 11 is 5.89. The zero-order valence-corrected chi connectivity index (χ0v) is 16.4. The van der Waals surface area contributed by atoms with E-state index in [0.717, 1.165) is 17.8 Å². The Balaban J connectivity index is 1.63. The van der Waals surface area contributed by atoms with Gasteiger partial charge in [0.05, 0.1) is 17.3 Å². The largest absolute Gasteiger partial charge is 0.416 e. The van der Waals surface area contributed by atoms with Gasteiger partial charge in [-0.3, -0.25) is 4.79 Å². The quantitative estimate of drug-likeness (QED) is 0.586. The van der Waals surface area contributed by atoms with Crippen LogP contribution in [0.15, 0.2) is 65.9 Å². The fraction of sp³-hybridized carbons (Fsp3) is 0.143. The Kier molecular flexibility index (Phi) is 5.03. The molecule has 0 saturated carbocycles. The third kappa shape index (κ3) is 3.78. The standard InChI is InChI=1S/C21H15ClF3N4O/c1-28(16-8-6-15(22)7-9-16)20(30)18-12-29-17(10-26-18)11-27-19(29)13-2-4-14(5-3-13)21(23,24)25/h2-10,12H,11H2,1H3/q+1. The molecule has 30 heavy (non-hydrogen) atoms. The van der Waals surface area contributed by atoms with Crippen LogP contribution in [0.25, 0.3) is 0 Å². The van der Waals surface area contributed by atoms with Gasteiger partial charge >= 0.3 is 12.0 Å². The van der Waals surface area contributed by atoms with Crippen LogP contribution in [0.1, 0.15) is 27.3 Å². The smallest absolute Gasteiger partial charge is 0.310 e. The molecule has 1 aromatic heterocycles. The zero-order valence-electron chi connectivity index (χ0n) is 15.7. The second-order valence-electron chi connectivity index (χ2n) is 6.69. The Morgan fingerprint density at radius 1 is 1.10 bits per heavy atom. The first-order valence-electron chi connectivity index (χ1n) is 8.91. The summed E-state index contributed by atoms with van der Waals surface area (Å²) in [5.41, 5.74) is 1.34. The van der Waals surface area contributed by atoms with E-state index >= 15 is 0 Å². The van der Waals surface area contributed by atoms with E-state index in [1.807, 2.05) is 0 Å². The minimum Gasteiger partial charge on any atom is -0.310 e. The molecule has 5 nitrogen and oxygen atoms in total. The Morgan fingerprint density at radius 2 is 1.77 bits per heavy atom. The average Bonchev–Trinajstić information content (AvgIpc) is 3.16. The molecule has 152 valence electrons. The van der Waals surface area contributed by atoms with E-state index in [1.54, 1.807) is 48.3 Å². The maximum atomic E-state index is 12.9. The Labute approximate surface area is 175 Å². The monoisotopic (exact) mass is 431 g/mol. The number of carbonyl (C=O) groups is 1. The SMILES string of the molecule is CN(C(=O)c1c[n+]2c(cn1)CN=C2c1ccc(C(F)(F)F)cc1)c1ccc(Cl)cc1. The molecule has 1 aliphatic heterocycles. The van der Waals surface area contributed by atoms with E-state index in [2.05, 4.69) is 9.98 Å². The number of hydrogen-bond donors (Lipinski definition) is 0. The molecule has 0 radical (unpaired) electrons. The molecule has 9 heteroatoms. The first-order chi connectivity index (χ1) is 14.2. The van der Waals surface area contributed by atoms with Gasteiger partial charge in [0, 0.05) is 17.8 Å². The van der Waals surface area contributed by atoms with Crippen molar-refractivity contribution in [2.45, 2.75) is 12.7 Å². The van der Waals surface area contributed by atoms with Crippen molar-refractivity contribution >= 4 is 29.0 Å². The predicted octanol–water partition coefficient (Wildman–Crippen LogP) is 4.13. The molecule has 4 rings (SSSR count). The summed E-state index contributed by atoms with van der Waals surface area (Å²) in [7, 11) is 1.62. The summed E-state index contributed by atoms with van der Waals surface area (Å²) in [6.07, 6.45) is -1.31. The molecule has 0 spiro atoms. The third-order valence-electron chi connectivity index (χ3n) is 4.74. The van der Waals surface area contributed by atoms with Crippen LogP contribution >= 0.6 is 11.6 Å². The van der Waals surface area contributed by atoms with E-state index in [4.69, 9.17) is 11.6 Å². The number of carbonyl (C=O) groups excluding carboxylic acids is 1. The lowest BCUT2D eigenvalue weighted by atomic mass is 10.1. The molecule has 3 aromatic rings. The molecule has 1 aliphatic rings. The number of anilines is 1. The van der Waals surface area contributed by atoms with Crippen molar-refractivity contribution in [3.05, 3.63) is 88.5 Å². The van der Waals surface area contributed by atoms with E-state index in [0.29, 0.717) is 28.7 Å². The number of aromatic nitrogens is 2. The zero-order chi connectivity index (χ0) is 21.5. The molecule has 0 aliphatic carbocycles. The van der Waals surface area contributed by atoms with Gasteiger partial charge in [0.25, 0.3) is 5.91 Å². The van der Waals surface area contributed by atoms with Gasteiger partial charge in [-0.2, -0.15) is 17.7 Å². The minimum atomic E-state index is -4.41. The average molecular weight is 432 g/mol. The molecule has 0 fully saturated rings.